The Morgan fingerprint density at radius 2 is 1.79 bits per heavy atom. The monoisotopic (exact) mass is 326 g/mol. The number of benzene rings is 2. The van der Waals surface area contributed by atoms with Crippen LogP contribution in [0.15, 0.2) is 42.5 Å². The highest BCUT2D eigenvalue weighted by molar-refractivity contribution is 5.74. The molecule has 1 unspecified atom stereocenters. The lowest BCUT2D eigenvalue weighted by Gasteiger charge is -2.16. The molecule has 0 aromatic heterocycles. The molecule has 0 radical (unpaired) electrons. The average molecular weight is 326 g/mol. The Bertz CT molecular complexity index is 681. The van der Waals surface area contributed by atoms with Gasteiger partial charge in [-0.25, -0.2) is 4.79 Å². The van der Waals surface area contributed by atoms with E-state index in [1.807, 2.05) is 32.0 Å². The van der Waals surface area contributed by atoms with E-state index in [-0.39, 0.29) is 18.8 Å². The molecule has 2 aromatic rings. The maximum Gasteiger partial charge on any atom is 0.317 e. The van der Waals surface area contributed by atoms with Crippen LogP contribution in [0, 0.1) is 13.8 Å². The zero-order chi connectivity index (χ0) is 17.5. The topological polar surface area (TPSA) is 50.4 Å². The molecule has 2 N–H and O–H groups in total. The van der Waals surface area contributed by atoms with Crippen molar-refractivity contribution in [2.45, 2.75) is 40.2 Å². The van der Waals surface area contributed by atoms with Crippen molar-refractivity contribution in [2.75, 3.05) is 6.73 Å². The van der Waals surface area contributed by atoms with Gasteiger partial charge in [0.1, 0.15) is 5.75 Å². The second-order valence-corrected chi connectivity index (χ2v) is 6.00. The molecule has 0 spiro atoms. The number of urea groups is 1. The van der Waals surface area contributed by atoms with E-state index in [4.69, 9.17) is 4.74 Å². The van der Waals surface area contributed by atoms with E-state index in [9.17, 15) is 4.79 Å². The molecule has 0 aliphatic carbocycles. The van der Waals surface area contributed by atoms with Crippen molar-refractivity contribution in [3.05, 3.63) is 64.7 Å². The summed E-state index contributed by atoms with van der Waals surface area (Å²) in [6.45, 7) is 8.31. The largest absolute Gasteiger partial charge is 0.473 e. The third-order valence-electron chi connectivity index (χ3n) is 4.19. The summed E-state index contributed by atoms with van der Waals surface area (Å²) in [5.41, 5.74) is 4.76. The molecule has 0 heterocycles. The first kappa shape index (κ1) is 17.9. The molecule has 1 atom stereocenters. The van der Waals surface area contributed by atoms with Gasteiger partial charge in [0.2, 0.25) is 0 Å². The molecule has 0 aliphatic rings. The lowest BCUT2D eigenvalue weighted by Crippen LogP contribution is -2.38. The van der Waals surface area contributed by atoms with E-state index in [1.165, 1.54) is 16.7 Å². The summed E-state index contributed by atoms with van der Waals surface area (Å²) in [6, 6.07) is 13.9. The average Bonchev–Trinajstić information content (AvgIpc) is 2.58. The Morgan fingerprint density at radius 3 is 2.42 bits per heavy atom. The van der Waals surface area contributed by atoms with Crippen LogP contribution in [0.25, 0.3) is 0 Å². The molecule has 2 aromatic carbocycles. The van der Waals surface area contributed by atoms with E-state index in [0.717, 1.165) is 17.7 Å². The standard InChI is InChI=1S/C20H26N2O2/c1-5-17-7-9-18(10-8-17)16(4)22-20(23)21-13-24-19-11-6-14(2)15(3)12-19/h6-12,16H,5,13H2,1-4H3,(H2,21,22,23). The lowest BCUT2D eigenvalue weighted by molar-refractivity contribution is 0.221. The molecular weight excluding hydrogens is 300 g/mol. The first-order valence-corrected chi connectivity index (χ1v) is 8.33. The predicted molar refractivity (Wildman–Crippen MR) is 97.3 cm³/mol. The quantitative estimate of drug-likeness (QED) is 0.779. The van der Waals surface area contributed by atoms with Crippen LogP contribution in [0.2, 0.25) is 0 Å². The van der Waals surface area contributed by atoms with Gasteiger partial charge in [0.15, 0.2) is 6.73 Å². The Morgan fingerprint density at radius 1 is 1.08 bits per heavy atom. The molecule has 0 fully saturated rings. The van der Waals surface area contributed by atoms with Crippen LogP contribution in [0.3, 0.4) is 0 Å². The van der Waals surface area contributed by atoms with Crippen LogP contribution in [-0.4, -0.2) is 12.8 Å². The van der Waals surface area contributed by atoms with E-state index >= 15 is 0 Å². The molecule has 2 rings (SSSR count). The normalized spacial score (nSPS) is 11.7. The summed E-state index contributed by atoms with van der Waals surface area (Å²) in [4.78, 5) is 12.0. The Hall–Kier alpha value is -2.49. The molecule has 24 heavy (non-hydrogen) atoms. The van der Waals surface area contributed by atoms with Crippen LogP contribution in [-0.2, 0) is 6.42 Å². The van der Waals surface area contributed by atoms with Crippen LogP contribution >= 0.6 is 0 Å². The first-order chi connectivity index (χ1) is 11.5. The van der Waals surface area contributed by atoms with Crippen molar-refractivity contribution >= 4 is 6.03 Å². The van der Waals surface area contributed by atoms with Gasteiger partial charge in [-0.1, -0.05) is 37.3 Å². The predicted octanol–water partition coefficient (Wildman–Crippen LogP) is 4.26. The second-order valence-electron chi connectivity index (χ2n) is 6.00. The van der Waals surface area contributed by atoms with Crippen molar-refractivity contribution in [3.63, 3.8) is 0 Å². The van der Waals surface area contributed by atoms with Gasteiger partial charge in [-0.2, -0.15) is 0 Å². The third kappa shape index (κ3) is 5.01. The van der Waals surface area contributed by atoms with E-state index in [0.29, 0.717) is 0 Å². The number of carbonyl (C=O) groups is 1. The van der Waals surface area contributed by atoms with Gasteiger partial charge in [0.25, 0.3) is 0 Å². The minimum atomic E-state index is -0.245. The van der Waals surface area contributed by atoms with Crippen molar-refractivity contribution in [2.24, 2.45) is 0 Å². The molecule has 0 saturated carbocycles. The molecule has 2 amide bonds. The Kier molecular flexibility index (Phi) is 6.24. The van der Waals surface area contributed by atoms with Crippen LogP contribution in [0.1, 0.15) is 42.1 Å². The fourth-order valence-corrected chi connectivity index (χ4v) is 2.36. The second kappa shape index (κ2) is 8.39. The van der Waals surface area contributed by atoms with Crippen LogP contribution in [0.5, 0.6) is 5.75 Å². The van der Waals surface area contributed by atoms with Crippen molar-refractivity contribution in [3.8, 4) is 5.75 Å². The van der Waals surface area contributed by atoms with Crippen molar-refractivity contribution in [1.82, 2.24) is 10.6 Å². The van der Waals surface area contributed by atoms with Gasteiger partial charge in [-0.05, 0) is 61.6 Å². The number of hydrogen-bond acceptors (Lipinski definition) is 2. The maximum absolute atomic E-state index is 12.0. The number of carbonyl (C=O) groups excluding carboxylic acids is 1. The molecule has 4 heteroatoms. The summed E-state index contributed by atoms with van der Waals surface area (Å²) in [5, 5.41) is 5.63. The molecule has 0 bridgehead atoms. The smallest absolute Gasteiger partial charge is 0.317 e. The van der Waals surface area contributed by atoms with Crippen molar-refractivity contribution in [1.29, 1.82) is 0 Å². The van der Waals surface area contributed by atoms with Gasteiger partial charge >= 0.3 is 6.03 Å². The van der Waals surface area contributed by atoms with E-state index in [1.54, 1.807) is 0 Å². The van der Waals surface area contributed by atoms with E-state index in [2.05, 4.69) is 48.7 Å². The minimum absolute atomic E-state index is 0.0578. The first-order valence-electron chi connectivity index (χ1n) is 8.33. The molecule has 128 valence electrons. The van der Waals surface area contributed by atoms with Crippen molar-refractivity contribution < 1.29 is 9.53 Å². The Labute approximate surface area is 144 Å². The SMILES string of the molecule is CCc1ccc(C(C)NC(=O)NCOc2ccc(C)c(C)c2)cc1. The summed E-state index contributed by atoms with van der Waals surface area (Å²) in [6.07, 6.45) is 1.01. The molecular formula is C20H26N2O2. The number of nitrogens with one attached hydrogen (secondary N) is 2. The van der Waals surface area contributed by atoms with Crippen LogP contribution < -0.4 is 15.4 Å². The fourth-order valence-electron chi connectivity index (χ4n) is 2.36. The summed E-state index contributed by atoms with van der Waals surface area (Å²) >= 11 is 0. The fraction of sp³-hybridized carbons (Fsp3) is 0.350. The number of aryl methyl sites for hydroxylation is 3. The minimum Gasteiger partial charge on any atom is -0.473 e. The zero-order valence-corrected chi connectivity index (χ0v) is 14.8. The van der Waals surface area contributed by atoms with Crippen LogP contribution in [0.4, 0.5) is 4.79 Å². The molecule has 4 nitrogen and oxygen atoms in total. The van der Waals surface area contributed by atoms with Gasteiger partial charge in [-0.15, -0.1) is 0 Å². The maximum atomic E-state index is 12.0. The molecule has 0 aliphatic heterocycles. The summed E-state index contributed by atoms with van der Waals surface area (Å²) in [7, 11) is 0. The number of amides is 2. The summed E-state index contributed by atoms with van der Waals surface area (Å²) in [5.74, 6) is 0.751. The highest BCUT2D eigenvalue weighted by Gasteiger charge is 2.09. The third-order valence-corrected chi connectivity index (χ3v) is 4.19. The van der Waals surface area contributed by atoms with Gasteiger partial charge in [0, 0.05) is 0 Å². The lowest BCUT2D eigenvalue weighted by atomic mass is 10.1. The van der Waals surface area contributed by atoms with Gasteiger partial charge in [-0.3, -0.25) is 0 Å². The zero-order valence-electron chi connectivity index (χ0n) is 14.8. The molecule has 0 saturated heterocycles. The Balaban J connectivity index is 1.78. The van der Waals surface area contributed by atoms with Gasteiger partial charge in [0.05, 0.1) is 6.04 Å². The highest BCUT2D eigenvalue weighted by Crippen LogP contribution is 2.16. The van der Waals surface area contributed by atoms with E-state index < -0.39 is 0 Å². The number of rotatable bonds is 6. The van der Waals surface area contributed by atoms with Gasteiger partial charge < -0.3 is 15.4 Å². The highest BCUT2D eigenvalue weighted by atomic mass is 16.5. The number of ether oxygens (including phenoxy) is 1. The summed E-state index contributed by atoms with van der Waals surface area (Å²) < 4.78 is 5.56. The number of hydrogen-bond donors (Lipinski definition) is 2.